The maximum absolute atomic E-state index is 2.48. The van der Waals surface area contributed by atoms with Crippen LogP contribution >= 0.6 is 0 Å². The number of rotatable bonds is 8. The van der Waals surface area contributed by atoms with E-state index in [4.69, 9.17) is 0 Å². The van der Waals surface area contributed by atoms with E-state index >= 15 is 0 Å². The highest BCUT2D eigenvalue weighted by Crippen LogP contribution is 2.42. The monoisotopic (exact) mass is 398 g/mol. The van der Waals surface area contributed by atoms with Crippen molar-refractivity contribution in [2.45, 2.75) is 134 Å². The molecule has 0 unspecified atom stereocenters. The molecule has 28 heavy (non-hydrogen) atoms. The zero-order chi connectivity index (χ0) is 23.5. The second kappa shape index (κ2) is 10.3. The van der Waals surface area contributed by atoms with Crippen molar-refractivity contribution in [3.8, 4) is 0 Å². The molecule has 0 atom stereocenters. The number of hydrogen-bond donors (Lipinski definition) is 0. The molecule has 0 spiro atoms. The normalized spacial score (nSPS) is 14.6. The quantitative estimate of drug-likeness (QED) is 0.416. The standard InChI is InChI=1S/2C13H29N/c2*1-10(2)12(5,6)13(7,8)14(9)11(3)4/h2*10-11H,1-9H3. The SMILES string of the molecule is CC(C)N(C)C(C)(C)C(C)(C)C(C)C.CC(C)N(C)C(C)(C)C(C)(C)C(C)C. The van der Waals surface area contributed by atoms with E-state index in [-0.39, 0.29) is 11.1 Å². The molecule has 0 aromatic heterocycles. The highest BCUT2D eigenvalue weighted by molar-refractivity contribution is 4.97. The van der Waals surface area contributed by atoms with Gasteiger partial charge in [-0.2, -0.15) is 0 Å². The van der Waals surface area contributed by atoms with Crippen molar-refractivity contribution in [1.29, 1.82) is 0 Å². The van der Waals surface area contributed by atoms with E-state index < -0.39 is 0 Å². The minimum Gasteiger partial charge on any atom is -0.298 e. The van der Waals surface area contributed by atoms with E-state index in [1.165, 1.54) is 0 Å². The molecule has 0 saturated heterocycles. The van der Waals surface area contributed by atoms with Crippen molar-refractivity contribution in [2.75, 3.05) is 14.1 Å². The van der Waals surface area contributed by atoms with Crippen LogP contribution in [0.3, 0.4) is 0 Å². The molecule has 0 aliphatic rings. The predicted molar refractivity (Wildman–Crippen MR) is 131 cm³/mol. The van der Waals surface area contributed by atoms with Gasteiger partial charge in [-0.25, -0.2) is 0 Å². The second-order valence-corrected chi connectivity index (χ2v) is 12.3. The fourth-order valence-corrected chi connectivity index (χ4v) is 3.61. The van der Waals surface area contributed by atoms with Gasteiger partial charge in [0.1, 0.15) is 0 Å². The highest BCUT2D eigenvalue weighted by Gasteiger charge is 2.43. The van der Waals surface area contributed by atoms with E-state index in [0.717, 1.165) is 0 Å². The Labute approximate surface area is 180 Å². The van der Waals surface area contributed by atoms with Crippen LogP contribution in [0.5, 0.6) is 0 Å². The molecule has 172 valence electrons. The summed E-state index contributed by atoms with van der Waals surface area (Å²) in [6.07, 6.45) is 0. The molecule has 0 aliphatic heterocycles. The summed E-state index contributed by atoms with van der Waals surface area (Å²) in [5.41, 5.74) is 1.11. The summed E-state index contributed by atoms with van der Waals surface area (Å²) < 4.78 is 0. The maximum Gasteiger partial charge on any atom is 0.0206 e. The minimum atomic E-state index is 0.231. The van der Waals surface area contributed by atoms with Gasteiger partial charge in [-0.1, -0.05) is 55.4 Å². The van der Waals surface area contributed by atoms with E-state index in [9.17, 15) is 0 Å². The average molecular weight is 399 g/mol. The van der Waals surface area contributed by atoms with Gasteiger partial charge in [0.2, 0.25) is 0 Å². The lowest BCUT2D eigenvalue weighted by Gasteiger charge is -2.52. The molecule has 0 amide bonds. The van der Waals surface area contributed by atoms with Crippen molar-refractivity contribution in [3.63, 3.8) is 0 Å². The van der Waals surface area contributed by atoms with Gasteiger partial charge in [-0.3, -0.25) is 9.80 Å². The summed E-state index contributed by atoms with van der Waals surface area (Å²) in [6, 6.07) is 1.20. The van der Waals surface area contributed by atoms with Crippen LogP contribution in [0.4, 0.5) is 0 Å². The lowest BCUT2D eigenvalue weighted by atomic mass is 9.66. The van der Waals surface area contributed by atoms with E-state index in [1.807, 2.05) is 0 Å². The second-order valence-electron chi connectivity index (χ2n) is 12.3. The van der Waals surface area contributed by atoms with Gasteiger partial charge in [0.15, 0.2) is 0 Å². The van der Waals surface area contributed by atoms with Crippen LogP contribution in [0, 0.1) is 22.7 Å². The van der Waals surface area contributed by atoms with Gasteiger partial charge in [-0.05, 0) is 92.2 Å². The van der Waals surface area contributed by atoms with Crippen molar-refractivity contribution < 1.29 is 0 Å². The van der Waals surface area contributed by atoms with Crippen molar-refractivity contribution >= 4 is 0 Å². The fourth-order valence-electron chi connectivity index (χ4n) is 3.61. The summed E-state index contributed by atoms with van der Waals surface area (Å²) in [5, 5.41) is 0. The first-order chi connectivity index (χ1) is 12.1. The zero-order valence-corrected chi connectivity index (χ0v) is 23.2. The molecular weight excluding hydrogens is 340 g/mol. The van der Waals surface area contributed by atoms with Gasteiger partial charge in [0.05, 0.1) is 0 Å². The van der Waals surface area contributed by atoms with Gasteiger partial charge >= 0.3 is 0 Å². The molecule has 0 N–H and O–H groups in total. The zero-order valence-electron chi connectivity index (χ0n) is 23.2. The van der Waals surface area contributed by atoms with Gasteiger partial charge in [-0.15, -0.1) is 0 Å². The van der Waals surface area contributed by atoms with E-state index in [2.05, 4.69) is 135 Å². The van der Waals surface area contributed by atoms with Gasteiger partial charge in [0.25, 0.3) is 0 Å². The number of nitrogens with zero attached hydrogens (tertiary/aromatic N) is 2. The largest absolute Gasteiger partial charge is 0.298 e. The van der Waals surface area contributed by atoms with E-state index in [0.29, 0.717) is 34.7 Å². The molecule has 0 rings (SSSR count). The lowest BCUT2D eigenvalue weighted by Crippen LogP contribution is -2.56. The third-order valence-corrected chi connectivity index (χ3v) is 9.35. The Kier molecular flexibility index (Phi) is 11.1. The van der Waals surface area contributed by atoms with Crippen LogP contribution in [0.1, 0.15) is 111 Å². The summed E-state index contributed by atoms with van der Waals surface area (Å²) in [4.78, 5) is 4.96. The average Bonchev–Trinajstić information content (AvgIpc) is 2.52. The van der Waals surface area contributed by atoms with Crippen LogP contribution in [0.2, 0.25) is 0 Å². The van der Waals surface area contributed by atoms with E-state index in [1.54, 1.807) is 0 Å². The molecule has 2 heteroatoms. The Morgan fingerprint density at radius 2 is 0.607 bits per heavy atom. The highest BCUT2D eigenvalue weighted by atomic mass is 15.2. The first-order valence-electron chi connectivity index (χ1n) is 11.6. The van der Waals surface area contributed by atoms with Crippen molar-refractivity contribution in [1.82, 2.24) is 9.80 Å². The predicted octanol–water partition coefficient (Wildman–Crippen LogP) is 7.57. The Hall–Kier alpha value is -0.0800. The van der Waals surface area contributed by atoms with Crippen molar-refractivity contribution in [2.24, 2.45) is 22.7 Å². The summed E-state index contributed by atoms with van der Waals surface area (Å²) in [5.74, 6) is 1.39. The van der Waals surface area contributed by atoms with Crippen LogP contribution in [-0.2, 0) is 0 Å². The molecule has 0 radical (unpaired) electrons. The fraction of sp³-hybridized carbons (Fsp3) is 1.00. The molecule has 0 aromatic carbocycles. The smallest absolute Gasteiger partial charge is 0.0206 e. The molecule has 0 saturated carbocycles. The summed E-state index contributed by atoms with van der Waals surface area (Å²) in [7, 11) is 4.46. The van der Waals surface area contributed by atoms with Crippen LogP contribution in [0.15, 0.2) is 0 Å². The van der Waals surface area contributed by atoms with Crippen LogP contribution in [-0.4, -0.2) is 47.1 Å². The van der Waals surface area contributed by atoms with Crippen LogP contribution < -0.4 is 0 Å². The molecule has 2 nitrogen and oxygen atoms in total. The Bertz CT molecular complexity index is 397. The lowest BCUT2D eigenvalue weighted by molar-refractivity contribution is -0.0184. The Morgan fingerprint density at radius 3 is 0.714 bits per heavy atom. The molecule has 0 fully saturated rings. The topological polar surface area (TPSA) is 6.48 Å². The number of hydrogen-bond acceptors (Lipinski definition) is 2. The molecule has 0 aromatic rings. The molecule has 0 bridgehead atoms. The van der Waals surface area contributed by atoms with Gasteiger partial charge in [0, 0.05) is 23.2 Å². The van der Waals surface area contributed by atoms with Gasteiger partial charge < -0.3 is 0 Å². The Morgan fingerprint density at radius 1 is 0.429 bits per heavy atom. The molecule has 0 heterocycles. The third kappa shape index (κ3) is 6.46. The third-order valence-electron chi connectivity index (χ3n) is 9.35. The molecule has 0 aliphatic carbocycles. The Balaban J connectivity index is 0. The summed E-state index contributed by atoms with van der Waals surface area (Å²) in [6.45, 7) is 37.2. The van der Waals surface area contributed by atoms with Crippen molar-refractivity contribution in [3.05, 3.63) is 0 Å². The molecular formula is C26H58N2. The first kappa shape index (κ1) is 30.1. The first-order valence-corrected chi connectivity index (χ1v) is 11.6. The maximum atomic E-state index is 2.48. The van der Waals surface area contributed by atoms with Crippen LogP contribution in [0.25, 0.3) is 0 Å². The summed E-state index contributed by atoms with van der Waals surface area (Å²) >= 11 is 0. The minimum absolute atomic E-state index is 0.231.